The van der Waals surface area contributed by atoms with Crippen molar-refractivity contribution in [2.75, 3.05) is 6.61 Å². The number of nitrogens with zero attached hydrogens (tertiary/aromatic N) is 1. The lowest BCUT2D eigenvalue weighted by molar-refractivity contribution is -0.138. The van der Waals surface area contributed by atoms with Gasteiger partial charge < -0.3 is 10.1 Å². The molecule has 2 unspecified atom stereocenters. The topological polar surface area (TPSA) is 51.2 Å². The third-order valence-corrected chi connectivity index (χ3v) is 4.72. The van der Waals surface area contributed by atoms with Gasteiger partial charge in [-0.15, -0.1) is 0 Å². The minimum Gasteiger partial charge on any atom is -0.461 e. The van der Waals surface area contributed by atoms with E-state index >= 15 is 0 Å². The Bertz CT molecular complexity index is 576. The summed E-state index contributed by atoms with van der Waals surface area (Å²) in [5.74, 6) is 0.712. The minimum atomic E-state index is -0.249. The first kappa shape index (κ1) is 15.1. The van der Waals surface area contributed by atoms with Crippen LogP contribution in [0, 0.1) is 18.8 Å². The molecule has 2 heterocycles. The molecule has 1 aromatic heterocycles. The van der Waals surface area contributed by atoms with E-state index < -0.39 is 0 Å². The summed E-state index contributed by atoms with van der Waals surface area (Å²) in [7, 11) is 0. The first-order valence-corrected chi connectivity index (χ1v) is 8.28. The van der Waals surface area contributed by atoms with E-state index in [1.54, 1.807) is 0 Å². The van der Waals surface area contributed by atoms with Crippen LogP contribution >= 0.6 is 0 Å². The number of aromatic nitrogens is 1. The molecule has 0 bridgehead atoms. The number of hydrogen-bond donors (Lipinski definition) is 1. The van der Waals surface area contributed by atoms with Gasteiger partial charge in [-0.25, -0.2) is 4.79 Å². The molecule has 1 aliphatic carbocycles. The highest BCUT2D eigenvalue weighted by Gasteiger charge is 2.38. The number of hydrogen-bond acceptors (Lipinski definition) is 4. The Kier molecular flexibility index (Phi) is 4.46. The molecule has 0 aromatic carbocycles. The lowest BCUT2D eigenvalue weighted by atomic mass is 9.84. The second-order valence-electron chi connectivity index (χ2n) is 6.25. The van der Waals surface area contributed by atoms with E-state index in [4.69, 9.17) is 4.74 Å². The van der Waals surface area contributed by atoms with Crippen LogP contribution in [0.1, 0.15) is 50.0 Å². The molecule has 1 aliphatic heterocycles. The Morgan fingerprint density at radius 1 is 1.36 bits per heavy atom. The van der Waals surface area contributed by atoms with Crippen LogP contribution in [-0.4, -0.2) is 17.6 Å². The largest absolute Gasteiger partial charge is 0.461 e. The Balaban J connectivity index is 1.86. The van der Waals surface area contributed by atoms with Crippen molar-refractivity contribution in [3.05, 3.63) is 41.4 Å². The van der Waals surface area contributed by atoms with Crippen molar-refractivity contribution < 1.29 is 9.53 Å². The van der Waals surface area contributed by atoms with Crippen LogP contribution in [0.15, 0.2) is 30.0 Å². The van der Waals surface area contributed by atoms with E-state index in [0.29, 0.717) is 24.1 Å². The van der Waals surface area contributed by atoms with Crippen LogP contribution in [0.5, 0.6) is 0 Å². The average molecular weight is 300 g/mol. The van der Waals surface area contributed by atoms with E-state index in [-0.39, 0.29) is 12.0 Å². The predicted octanol–water partition coefficient (Wildman–Crippen LogP) is 3.29. The molecule has 1 N–H and O–H groups in total. The van der Waals surface area contributed by atoms with Gasteiger partial charge in [0.05, 0.1) is 18.3 Å². The van der Waals surface area contributed by atoms with E-state index in [9.17, 15) is 4.79 Å². The van der Waals surface area contributed by atoms with E-state index in [1.807, 2.05) is 26.0 Å². The lowest BCUT2D eigenvalue weighted by Gasteiger charge is -2.25. The maximum absolute atomic E-state index is 12.1. The molecular formula is C18H24N2O2. The van der Waals surface area contributed by atoms with Gasteiger partial charge in [-0.2, -0.15) is 0 Å². The van der Waals surface area contributed by atoms with Crippen LogP contribution in [0.25, 0.3) is 0 Å². The van der Waals surface area contributed by atoms with Crippen LogP contribution in [0.4, 0.5) is 0 Å². The van der Waals surface area contributed by atoms with Gasteiger partial charge in [0.15, 0.2) is 0 Å². The van der Waals surface area contributed by atoms with Gasteiger partial charge in [-0.1, -0.05) is 18.9 Å². The molecule has 22 heavy (non-hydrogen) atoms. The first-order valence-electron chi connectivity index (χ1n) is 8.28. The molecule has 2 atom stereocenters. The van der Waals surface area contributed by atoms with Gasteiger partial charge in [-0.3, -0.25) is 4.98 Å². The molecule has 0 spiro atoms. The number of esters is 1. The Labute approximate surface area is 132 Å². The minimum absolute atomic E-state index is 0.0856. The highest BCUT2D eigenvalue weighted by Crippen LogP contribution is 2.42. The maximum Gasteiger partial charge on any atom is 0.354 e. The summed E-state index contributed by atoms with van der Waals surface area (Å²) in [6.45, 7) is 4.24. The number of carbonyl (C=O) groups excluding carboxylic acids is 1. The number of rotatable bonds is 4. The Morgan fingerprint density at radius 2 is 2.14 bits per heavy atom. The fraction of sp³-hybridized carbons (Fsp3) is 0.556. The van der Waals surface area contributed by atoms with Crippen molar-refractivity contribution in [3.8, 4) is 0 Å². The zero-order valence-electron chi connectivity index (χ0n) is 13.3. The Morgan fingerprint density at radius 3 is 2.82 bits per heavy atom. The maximum atomic E-state index is 12.1. The van der Waals surface area contributed by atoms with Gasteiger partial charge in [0.2, 0.25) is 0 Å². The van der Waals surface area contributed by atoms with Crippen LogP contribution in [0.2, 0.25) is 0 Å². The first-order chi connectivity index (χ1) is 10.7. The van der Waals surface area contributed by atoms with E-state index in [2.05, 4.69) is 22.4 Å². The molecule has 1 saturated carbocycles. The van der Waals surface area contributed by atoms with Crippen molar-refractivity contribution in [2.24, 2.45) is 11.8 Å². The number of pyridine rings is 1. The molecular weight excluding hydrogens is 276 g/mol. The molecule has 3 rings (SSSR count). The van der Waals surface area contributed by atoms with Crippen LogP contribution < -0.4 is 5.32 Å². The zero-order chi connectivity index (χ0) is 15.5. The molecule has 1 fully saturated rings. The molecule has 118 valence electrons. The van der Waals surface area contributed by atoms with E-state index in [0.717, 1.165) is 11.4 Å². The van der Waals surface area contributed by atoms with Gasteiger partial charge >= 0.3 is 5.97 Å². The molecule has 0 saturated heterocycles. The van der Waals surface area contributed by atoms with Gasteiger partial charge in [0, 0.05) is 11.6 Å². The molecule has 1 aromatic rings. The van der Waals surface area contributed by atoms with E-state index in [1.165, 1.54) is 25.7 Å². The van der Waals surface area contributed by atoms with Crippen molar-refractivity contribution in [1.82, 2.24) is 10.3 Å². The summed E-state index contributed by atoms with van der Waals surface area (Å²) < 4.78 is 5.15. The summed E-state index contributed by atoms with van der Waals surface area (Å²) in [5.41, 5.74) is 2.63. The zero-order valence-corrected chi connectivity index (χ0v) is 13.3. The quantitative estimate of drug-likeness (QED) is 0.867. The standard InChI is InChI=1S/C18H24N2O2/c1-3-22-18(21)16-11-14(13-8-4-5-9-13)17(20-16)15-10-6-7-12(2)19-15/h6-7,10-11,13-14,17,20H,3-5,8-9H2,1-2H3. The molecule has 2 aliphatic rings. The number of ether oxygens (including phenoxy) is 1. The highest BCUT2D eigenvalue weighted by atomic mass is 16.5. The van der Waals surface area contributed by atoms with Crippen molar-refractivity contribution in [2.45, 2.75) is 45.6 Å². The second-order valence-corrected chi connectivity index (χ2v) is 6.25. The second kappa shape index (κ2) is 6.51. The molecule has 4 heteroatoms. The summed E-state index contributed by atoms with van der Waals surface area (Å²) in [5, 5.41) is 3.37. The molecule has 4 nitrogen and oxygen atoms in total. The molecule has 0 amide bonds. The van der Waals surface area contributed by atoms with Crippen molar-refractivity contribution in [1.29, 1.82) is 0 Å². The van der Waals surface area contributed by atoms with Crippen LogP contribution in [-0.2, 0) is 9.53 Å². The summed E-state index contributed by atoms with van der Waals surface area (Å²) >= 11 is 0. The third kappa shape index (κ3) is 3.01. The summed E-state index contributed by atoms with van der Waals surface area (Å²) in [6, 6.07) is 6.17. The Hall–Kier alpha value is -1.84. The highest BCUT2D eigenvalue weighted by molar-refractivity contribution is 5.88. The van der Waals surface area contributed by atoms with Gasteiger partial charge in [0.25, 0.3) is 0 Å². The fourth-order valence-corrected chi connectivity index (χ4v) is 3.70. The summed E-state index contributed by atoms with van der Waals surface area (Å²) in [6.07, 6.45) is 7.14. The van der Waals surface area contributed by atoms with Crippen molar-refractivity contribution in [3.63, 3.8) is 0 Å². The number of aryl methyl sites for hydroxylation is 1. The number of carbonyl (C=O) groups is 1. The third-order valence-electron chi connectivity index (χ3n) is 4.72. The predicted molar refractivity (Wildman–Crippen MR) is 85.0 cm³/mol. The molecule has 0 radical (unpaired) electrons. The van der Waals surface area contributed by atoms with Crippen molar-refractivity contribution >= 4 is 5.97 Å². The number of nitrogens with one attached hydrogen (secondary N) is 1. The smallest absolute Gasteiger partial charge is 0.354 e. The van der Waals surface area contributed by atoms with Gasteiger partial charge in [-0.05, 0) is 50.8 Å². The fourth-order valence-electron chi connectivity index (χ4n) is 3.70. The average Bonchev–Trinajstić information content (AvgIpc) is 3.17. The van der Waals surface area contributed by atoms with Gasteiger partial charge in [0.1, 0.15) is 5.70 Å². The summed E-state index contributed by atoms with van der Waals surface area (Å²) in [4.78, 5) is 16.7. The normalized spacial score (nSPS) is 24.9. The lowest BCUT2D eigenvalue weighted by Crippen LogP contribution is -2.27. The SMILES string of the molecule is CCOC(=O)C1=CC(C2CCCC2)C(c2cccc(C)n2)N1. The monoisotopic (exact) mass is 300 g/mol. The van der Waals surface area contributed by atoms with Crippen LogP contribution in [0.3, 0.4) is 0 Å².